The molecule has 0 aliphatic carbocycles. The summed E-state index contributed by atoms with van der Waals surface area (Å²) in [6.45, 7) is 4.11. The molecule has 33 heavy (non-hydrogen) atoms. The van der Waals surface area contributed by atoms with E-state index in [1.807, 2.05) is 28.5 Å². The van der Waals surface area contributed by atoms with Gasteiger partial charge in [0.15, 0.2) is 0 Å². The van der Waals surface area contributed by atoms with Crippen molar-refractivity contribution in [1.29, 1.82) is 0 Å². The van der Waals surface area contributed by atoms with Crippen molar-refractivity contribution in [3.63, 3.8) is 0 Å². The Bertz CT molecular complexity index is 1210. The van der Waals surface area contributed by atoms with Crippen LogP contribution < -0.4 is 10.2 Å². The average molecular weight is 485 g/mol. The van der Waals surface area contributed by atoms with Crippen LogP contribution in [0.2, 0.25) is 5.02 Å². The molecular weight excluding hydrogens is 464 g/mol. The van der Waals surface area contributed by atoms with Crippen LogP contribution >= 0.6 is 22.9 Å². The number of benzene rings is 2. The second-order valence-corrected chi connectivity index (χ2v) is 8.99. The number of thiophene rings is 1. The maximum absolute atomic E-state index is 12.6. The maximum atomic E-state index is 12.6. The summed E-state index contributed by atoms with van der Waals surface area (Å²) in [4.78, 5) is 40.3. The highest BCUT2D eigenvalue weighted by Gasteiger charge is 2.24. The molecule has 1 fully saturated rings. The molecule has 10 heteroatoms. The first-order valence-electron chi connectivity index (χ1n) is 10.3. The molecule has 0 unspecified atom stereocenters. The molecule has 2 heterocycles. The van der Waals surface area contributed by atoms with Crippen molar-refractivity contribution in [2.75, 3.05) is 36.4 Å². The van der Waals surface area contributed by atoms with E-state index in [-0.39, 0.29) is 17.5 Å². The third-order valence-corrected chi connectivity index (χ3v) is 6.66. The summed E-state index contributed by atoms with van der Waals surface area (Å²) in [5.74, 6) is -0.326. The molecule has 2 aromatic carbocycles. The lowest BCUT2D eigenvalue weighted by molar-refractivity contribution is -0.385. The number of halogens is 1. The van der Waals surface area contributed by atoms with Crippen LogP contribution in [0.15, 0.2) is 53.9 Å². The van der Waals surface area contributed by atoms with Gasteiger partial charge in [-0.15, -0.1) is 11.3 Å². The molecule has 0 bridgehead atoms. The molecule has 0 atom stereocenters. The monoisotopic (exact) mass is 484 g/mol. The second-order valence-electron chi connectivity index (χ2n) is 7.64. The summed E-state index contributed by atoms with van der Waals surface area (Å²) in [7, 11) is 0. The Hall–Kier alpha value is -3.43. The highest BCUT2D eigenvalue weighted by molar-refractivity contribution is 7.12. The van der Waals surface area contributed by atoms with Gasteiger partial charge in [0.05, 0.1) is 20.5 Å². The Labute approximate surface area is 199 Å². The smallest absolute Gasteiger partial charge is 0.272 e. The molecule has 4 rings (SSSR count). The minimum absolute atomic E-state index is 0.0314. The first kappa shape index (κ1) is 22.8. The topological polar surface area (TPSA) is 95.8 Å². The number of rotatable bonds is 5. The van der Waals surface area contributed by atoms with Crippen LogP contribution in [0.5, 0.6) is 0 Å². The number of nitrogens with zero attached hydrogens (tertiary/aromatic N) is 3. The molecule has 0 spiro atoms. The molecule has 0 radical (unpaired) electrons. The van der Waals surface area contributed by atoms with E-state index in [1.165, 1.54) is 29.5 Å². The minimum Gasteiger partial charge on any atom is -0.367 e. The van der Waals surface area contributed by atoms with E-state index in [0.29, 0.717) is 48.0 Å². The van der Waals surface area contributed by atoms with Crippen LogP contribution in [0.25, 0.3) is 0 Å². The van der Waals surface area contributed by atoms with Gasteiger partial charge in [-0.1, -0.05) is 17.7 Å². The number of carbonyl (C=O) groups excluding carboxylic acids is 2. The van der Waals surface area contributed by atoms with Crippen LogP contribution in [-0.4, -0.2) is 47.8 Å². The van der Waals surface area contributed by atoms with Gasteiger partial charge in [0.2, 0.25) is 0 Å². The first-order chi connectivity index (χ1) is 15.8. The van der Waals surface area contributed by atoms with E-state index in [0.717, 1.165) is 10.6 Å². The number of aryl methyl sites for hydroxylation is 1. The van der Waals surface area contributed by atoms with Gasteiger partial charge >= 0.3 is 0 Å². The van der Waals surface area contributed by atoms with E-state index in [1.54, 1.807) is 19.1 Å². The van der Waals surface area contributed by atoms with Crippen molar-refractivity contribution in [3.8, 4) is 0 Å². The number of nitro groups is 1. The lowest BCUT2D eigenvalue weighted by atomic mass is 10.1. The zero-order valence-electron chi connectivity index (χ0n) is 17.8. The molecule has 1 aromatic heterocycles. The normalized spacial score (nSPS) is 13.6. The Kier molecular flexibility index (Phi) is 6.62. The molecule has 1 N–H and O–H groups in total. The standard InChI is InChI=1S/C23H21ClN4O4S/c1-15-13-16(4-6-19(15)28(31)32)22(29)25-17-5-7-20(18(24)14-17)26-8-10-27(11-9-26)23(30)21-3-2-12-33-21/h2-7,12-14H,8-11H2,1H3,(H,25,29). The largest absolute Gasteiger partial charge is 0.367 e. The average Bonchev–Trinajstić information content (AvgIpc) is 3.33. The zero-order chi connectivity index (χ0) is 23.5. The summed E-state index contributed by atoms with van der Waals surface area (Å²) < 4.78 is 0. The number of nitro benzene ring substituents is 1. The van der Waals surface area contributed by atoms with E-state index in [9.17, 15) is 19.7 Å². The van der Waals surface area contributed by atoms with Crippen molar-refractivity contribution in [2.24, 2.45) is 0 Å². The van der Waals surface area contributed by atoms with Crippen LogP contribution in [0, 0.1) is 17.0 Å². The highest BCUT2D eigenvalue weighted by Crippen LogP contribution is 2.30. The molecule has 1 aliphatic rings. The quantitative estimate of drug-likeness (QED) is 0.413. The second kappa shape index (κ2) is 9.60. The number of hydrogen-bond acceptors (Lipinski definition) is 6. The van der Waals surface area contributed by atoms with E-state index >= 15 is 0 Å². The van der Waals surface area contributed by atoms with E-state index in [4.69, 9.17) is 11.6 Å². The highest BCUT2D eigenvalue weighted by atomic mass is 35.5. The number of nitrogens with one attached hydrogen (secondary N) is 1. The van der Waals surface area contributed by atoms with Crippen LogP contribution in [0.3, 0.4) is 0 Å². The van der Waals surface area contributed by atoms with Gasteiger partial charge in [-0.3, -0.25) is 19.7 Å². The fourth-order valence-corrected chi connectivity index (χ4v) is 4.74. The Morgan fingerprint density at radius 1 is 1.09 bits per heavy atom. The summed E-state index contributed by atoms with van der Waals surface area (Å²) in [5.41, 5.74) is 2.07. The molecule has 2 amide bonds. The predicted octanol–water partition coefficient (Wildman–Crippen LogP) is 4.83. The molecule has 0 saturated carbocycles. The van der Waals surface area contributed by atoms with Gasteiger partial charge in [0, 0.05) is 49.1 Å². The Balaban J connectivity index is 1.39. The number of carbonyl (C=O) groups is 2. The van der Waals surface area contributed by atoms with Gasteiger partial charge in [-0.25, -0.2) is 0 Å². The molecule has 1 aliphatic heterocycles. The number of piperazine rings is 1. The zero-order valence-corrected chi connectivity index (χ0v) is 19.4. The van der Waals surface area contributed by atoms with Crippen molar-refractivity contribution in [1.82, 2.24) is 4.90 Å². The summed E-state index contributed by atoms with van der Waals surface area (Å²) in [6, 6.07) is 13.2. The lowest BCUT2D eigenvalue weighted by Crippen LogP contribution is -2.48. The van der Waals surface area contributed by atoms with Crippen molar-refractivity contribution in [2.45, 2.75) is 6.92 Å². The number of anilines is 2. The third kappa shape index (κ3) is 4.99. The van der Waals surface area contributed by atoms with Gasteiger partial charge < -0.3 is 15.1 Å². The predicted molar refractivity (Wildman–Crippen MR) is 130 cm³/mol. The number of hydrogen-bond donors (Lipinski definition) is 1. The molecule has 3 aromatic rings. The van der Waals surface area contributed by atoms with Crippen molar-refractivity contribution < 1.29 is 14.5 Å². The van der Waals surface area contributed by atoms with Crippen LogP contribution in [0.1, 0.15) is 25.6 Å². The maximum Gasteiger partial charge on any atom is 0.272 e. The molecule has 1 saturated heterocycles. The van der Waals surface area contributed by atoms with Crippen LogP contribution in [0.4, 0.5) is 17.1 Å². The van der Waals surface area contributed by atoms with E-state index < -0.39 is 4.92 Å². The Morgan fingerprint density at radius 3 is 2.45 bits per heavy atom. The van der Waals surface area contributed by atoms with E-state index in [2.05, 4.69) is 10.2 Å². The van der Waals surface area contributed by atoms with Gasteiger partial charge in [0.25, 0.3) is 17.5 Å². The summed E-state index contributed by atoms with van der Waals surface area (Å²) in [6.07, 6.45) is 0. The fourth-order valence-electron chi connectivity index (χ4n) is 3.75. The molecule has 170 valence electrons. The summed E-state index contributed by atoms with van der Waals surface area (Å²) in [5, 5.41) is 16.1. The molecule has 8 nitrogen and oxygen atoms in total. The molecular formula is C23H21ClN4O4S. The Morgan fingerprint density at radius 2 is 1.85 bits per heavy atom. The fraction of sp³-hybridized carbons (Fsp3) is 0.217. The van der Waals surface area contributed by atoms with Gasteiger partial charge in [0.1, 0.15) is 0 Å². The number of amides is 2. The van der Waals surface area contributed by atoms with Crippen LogP contribution in [-0.2, 0) is 0 Å². The minimum atomic E-state index is -0.479. The lowest BCUT2D eigenvalue weighted by Gasteiger charge is -2.36. The van der Waals surface area contributed by atoms with Gasteiger partial charge in [-0.2, -0.15) is 0 Å². The SMILES string of the molecule is Cc1cc(C(=O)Nc2ccc(N3CCN(C(=O)c4cccs4)CC3)c(Cl)c2)ccc1[N+](=O)[O-]. The summed E-state index contributed by atoms with van der Waals surface area (Å²) >= 11 is 7.95. The van der Waals surface area contributed by atoms with Crippen molar-refractivity contribution in [3.05, 3.63) is 85.1 Å². The first-order valence-corrected chi connectivity index (χ1v) is 11.5. The van der Waals surface area contributed by atoms with Crippen molar-refractivity contribution >= 4 is 51.8 Å². The van der Waals surface area contributed by atoms with Gasteiger partial charge in [-0.05, 0) is 48.7 Å². The third-order valence-electron chi connectivity index (χ3n) is 5.50.